The Kier molecular flexibility index (Phi) is 8.63. The van der Waals surface area contributed by atoms with E-state index in [9.17, 15) is 9.18 Å². The van der Waals surface area contributed by atoms with E-state index in [4.69, 9.17) is 4.74 Å². The minimum absolute atomic E-state index is 0. The molecular formula is C28H32BrFN2O2S. The Morgan fingerprint density at radius 2 is 1.86 bits per heavy atom. The van der Waals surface area contributed by atoms with Gasteiger partial charge in [0.25, 0.3) is 0 Å². The maximum atomic E-state index is 14.0. The van der Waals surface area contributed by atoms with Crippen LogP contribution in [0.3, 0.4) is 0 Å². The molecule has 0 saturated carbocycles. The Morgan fingerprint density at radius 1 is 1.06 bits per heavy atom. The van der Waals surface area contributed by atoms with Gasteiger partial charge in [-0.05, 0) is 41.6 Å². The molecule has 0 unspecified atom stereocenters. The third kappa shape index (κ3) is 6.32. The number of fused-ring (bicyclic) bond motifs is 3. The fourth-order valence-corrected chi connectivity index (χ4v) is 6.28. The van der Waals surface area contributed by atoms with Gasteiger partial charge >= 0.3 is 6.09 Å². The molecular weight excluding hydrogens is 527 g/mol. The first-order valence-corrected chi connectivity index (χ1v) is 13.1. The summed E-state index contributed by atoms with van der Waals surface area (Å²) in [5.74, 6) is 0.0707. The van der Waals surface area contributed by atoms with Crippen LogP contribution >= 0.6 is 11.3 Å². The van der Waals surface area contributed by atoms with Crippen molar-refractivity contribution in [1.29, 1.82) is 0 Å². The van der Waals surface area contributed by atoms with Crippen LogP contribution in [0.5, 0.6) is 0 Å². The Labute approximate surface area is 221 Å². The van der Waals surface area contributed by atoms with E-state index in [1.165, 1.54) is 30.8 Å². The van der Waals surface area contributed by atoms with E-state index in [1.807, 2.05) is 17.5 Å². The minimum atomic E-state index is -0.375. The number of hydrogen-bond acceptors (Lipinski definition) is 3. The van der Waals surface area contributed by atoms with Crippen LogP contribution in [0.25, 0.3) is 0 Å². The summed E-state index contributed by atoms with van der Waals surface area (Å²) in [4.78, 5) is 16.0. The molecule has 1 amide bonds. The van der Waals surface area contributed by atoms with Crippen molar-refractivity contribution < 1.29 is 35.4 Å². The molecule has 0 N–H and O–H groups in total. The monoisotopic (exact) mass is 558 g/mol. The maximum Gasteiger partial charge on any atom is 0.415 e. The van der Waals surface area contributed by atoms with Crippen molar-refractivity contribution in [2.45, 2.75) is 38.3 Å². The fraction of sp³-hybridized carbons (Fsp3) is 0.393. The van der Waals surface area contributed by atoms with Crippen LogP contribution in [0, 0.1) is 11.7 Å². The van der Waals surface area contributed by atoms with Gasteiger partial charge in [-0.25, -0.2) is 9.18 Å². The third-order valence-electron chi connectivity index (χ3n) is 7.47. The van der Waals surface area contributed by atoms with Gasteiger partial charge in [0.05, 0.1) is 31.9 Å². The first kappa shape index (κ1) is 25.9. The summed E-state index contributed by atoms with van der Waals surface area (Å²) in [5, 5.41) is 1.99. The van der Waals surface area contributed by atoms with Crippen molar-refractivity contribution in [3.8, 4) is 0 Å². The number of quaternary nitrogens is 1. The van der Waals surface area contributed by atoms with Crippen LogP contribution in [0.2, 0.25) is 0 Å². The van der Waals surface area contributed by atoms with Gasteiger partial charge in [-0.1, -0.05) is 42.5 Å². The zero-order chi connectivity index (χ0) is 23.4. The number of ether oxygens (including phenoxy) is 1. The fourth-order valence-electron chi connectivity index (χ4n) is 5.59. The number of benzene rings is 2. The molecule has 3 aliphatic heterocycles. The number of anilines is 1. The van der Waals surface area contributed by atoms with E-state index >= 15 is 0 Å². The Hall–Kier alpha value is -2.22. The number of nitrogens with zero attached hydrogens (tertiary/aromatic N) is 2. The minimum Gasteiger partial charge on any atom is -1.00 e. The summed E-state index contributed by atoms with van der Waals surface area (Å²) in [5.41, 5.74) is 1.92. The zero-order valence-electron chi connectivity index (χ0n) is 19.8. The normalized spacial score (nSPS) is 22.9. The molecule has 3 aromatic rings. The predicted octanol–water partition coefficient (Wildman–Crippen LogP) is 3.28. The summed E-state index contributed by atoms with van der Waals surface area (Å²) in [6.45, 7) is 4.75. The summed E-state index contributed by atoms with van der Waals surface area (Å²) in [6.07, 6.45) is 3.99. The quantitative estimate of drug-likeness (QED) is 0.397. The second-order valence-corrected chi connectivity index (χ2v) is 10.7. The van der Waals surface area contributed by atoms with Crippen molar-refractivity contribution >= 4 is 23.1 Å². The molecule has 0 radical (unpaired) electrons. The maximum absolute atomic E-state index is 14.0. The van der Waals surface area contributed by atoms with Crippen molar-refractivity contribution in [1.82, 2.24) is 0 Å². The summed E-state index contributed by atoms with van der Waals surface area (Å²) in [6, 6.07) is 20.8. The van der Waals surface area contributed by atoms with Gasteiger partial charge in [-0.2, -0.15) is 0 Å². The van der Waals surface area contributed by atoms with E-state index in [0.717, 1.165) is 48.1 Å². The van der Waals surface area contributed by atoms with Crippen LogP contribution in [0.4, 0.5) is 14.9 Å². The predicted molar refractivity (Wildman–Crippen MR) is 134 cm³/mol. The third-order valence-corrected chi connectivity index (χ3v) is 8.33. The molecule has 7 heteroatoms. The highest BCUT2D eigenvalue weighted by Gasteiger charge is 2.47. The van der Waals surface area contributed by atoms with Crippen molar-refractivity contribution in [2.24, 2.45) is 5.92 Å². The zero-order valence-corrected chi connectivity index (χ0v) is 22.2. The van der Waals surface area contributed by atoms with E-state index in [2.05, 4.69) is 30.3 Å². The van der Waals surface area contributed by atoms with E-state index in [0.29, 0.717) is 18.2 Å². The van der Waals surface area contributed by atoms with E-state index in [1.54, 1.807) is 28.4 Å². The second kappa shape index (κ2) is 11.7. The highest BCUT2D eigenvalue weighted by molar-refractivity contribution is 7.09. The average Bonchev–Trinajstić information content (AvgIpc) is 3.37. The Morgan fingerprint density at radius 3 is 2.57 bits per heavy atom. The van der Waals surface area contributed by atoms with Gasteiger partial charge in [0, 0.05) is 30.1 Å². The molecule has 0 spiro atoms. The lowest BCUT2D eigenvalue weighted by Gasteiger charge is -2.52. The standard InChI is InChI=1S/C28H32FN2O2S.BrH/c29-24-10-4-11-25(19-24)30(20-26-12-6-18-34-26)28(32)33-27-21-31(16-13-23(27)14-17-31)15-5-9-22-7-2-1-3-8-22;/h1-4,6-8,10-12,18-19,23,27H,5,9,13-17,20-21H2;1H/q+1;/p-1/t23?,27-,31?;/m0./s1. The highest BCUT2D eigenvalue weighted by atomic mass is 79.9. The number of carbonyl (C=O) groups is 1. The molecule has 4 heterocycles. The van der Waals surface area contributed by atoms with Gasteiger partial charge in [-0.3, -0.25) is 4.90 Å². The molecule has 186 valence electrons. The molecule has 3 saturated heterocycles. The molecule has 2 aromatic carbocycles. The van der Waals surface area contributed by atoms with Crippen LogP contribution < -0.4 is 21.9 Å². The molecule has 1 aromatic heterocycles. The summed E-state index contributed by atoms with van der Waals surface area (Å²) < 4.78 is 21.2. The number of amides is 1. The molecule has 2 bridgehead atoms. The molecule has 4 nitrogen and oxygen atoms in total. The summed E-state index contributed by atoms with van der Waals surface area (Å²) >= 11 is 1.59. The number of hydrogen-bond donors (Lipinski definition) is 0. The van der Waals surface area contributed by atoms with Gasteiger partial charge < -0.3 is 26.2 Å². The van der Waals surface area contributed by atoms with Gasteiger partial charge in [-0.15, -0.1) is 11.3 Å². The molecule has 3 aliphatic rings. The van der Waals surface area contributed by atoms with Crippen molar-refractivity contribution in [3.05, 3.63) is 88.4 Å². The van der Waals surface area contributed by atoms with E-state index < -0.39 is 0 Å². The number of carbonyl (C=O) groups excluding carboxylic acids is 1. The topological polar surface area (TPSA) is 29.5 Å². The van der Waals surface area contributed by atoms with Crippen LogP contribution in [-0.2, 0) is 17.7 Å². The molecule has 0 aliphatic carbocycles. The molecule has 6 rings (SSSR count). The Balaban J connectivity index is 0.00000289. The van der Waals surface area contributed by atoms with E-state index in [-0.39, 0.29) is 35.0 Å². The first-order chi connectivity index (χ1) is 16.6. The second-order valence-electron chi connectivity index (χ2n) is 9.69. The van der Waals surface area contributed by atoms with Crippen molar-refractivity contribution in [2.75, 3.05) is 31.1 Å². The number of halogens is 2. The Bertz CT molecular complexity index is 1090. The first-order valence-electron chi connectivity index (χ1n) is 12.3. The SMILES string of the molecule is O=C(O[C@H]1C[N+]2(CCCc3ccccc3)CCC1CC2)N(Cc1cccs1)c1cccc(F)c1.[Br-]. The van der Waals surface area contributed by atoms with Gasteiger partial charge in [0.2, 0.25) is 0 Å². The molecule has 3 fully saturated rings. The van der Waals surface area contributed by atoms with Crippen molar-refractivity contribution in [3.63, 3.8) is 0 Å². The number of aryl methyl sites for hydroxylation is 1. The number of thiophene rings is 1. The molecule has 35 heavy (non-hydrogen) atoms. The summed E-state index contributed by atoms with van der Waals surface area (Å²) in [7, 11) is 0. The molecule has 1 atom stereocenters. The average molecular weight is 560 g/mol. The smallest absolute Gasteiger partial charge is 0.415 e. The lowest BCUT2D eigenvalue weighted by molar-refractivity contribution is -0.946. The number of piperidine rings is 3. The lowest BCUT2D eigenvalue weighted by Crippen LogP contribution is -3.00. The number of rotatable bonds is 8. The van der Waals surface area contributed by atoms with Gasteiger partial charge in [0.1, 0.15) is 12.4 Å². The lowest BCUT2D eigenvalue weighted by atomic mass is 9.83. The largest absolute Gasteiger partial charge is 1.00 e. The van der Waals surface area contributed by atoms with Crippen LogP contribution in [0.1, 0.15) is 29.7 Å². The van der Waals surface area contributed by atoms with Crippen LogP contribution in [0.15, 0.2) is 72.1 Å². The van der Waals surface area contributed by atoms with Crippen LogP contribution in [-0.4, -0.2) is 42.9 Å². The van der Waals surface area contributed by atoms with Gasteiger partial charge in [0.15, 0.2) is 6.10 Å². The highest BCUT2D eigenvalue weighted by Crippen LogP contribution is 2.36.